The lowest BCUT2D eigenvalue weighted by Crippen LogP contribution is -2.45. The zero-order chi connectivity index (χ0) is 24.4. The maximum Gasteiger partial charge on any atom is 0.318 e. The zero-order valence-electron chi connectivity index (χ0n) is 20.1. The molecule has 0 saturated carbocycles. The van der Waals surface area contributed by atoms with Crippen molar-refractivity contribution in [1.82, 2.24) is 33.9 Å². The number of rotatable bonds is 7. The summed E-state index contributed by atoms with van der Waals surface area (Å²) in [4.78, 5) is 45.5. The molecule has 0 spiro atoms. The van der Waals surface area contributed by atoms with Crippen LogP contribution in [0.1, 0.15) is 24.4 Å². The van der Waals surface area contributed by atoms with E-state index in [1.54, 1.807) is 17.7 Å². The summed E-state index contributed by atoms with van der Waals surface area (Å²) < 4.78 is 2.86. The summed E-state index contributed by atoms with van der Waals surface area (Å²) in [5.74, 6) is 0.684. The van der Waals surface area contributed by atoms with Crippen LogP contribution in [0.5, 0.6) is 0 Å². The van der Waals surface area contributed by atoms with Crippen molar-refractivity contribution in [1.29, 1.82) is 0 Å². The Kier molecular flexibility index (Phi) is 7.30. The summed E-state index contributed by atoms with van der Waals surface area (Å²) in [5.41, 5.74) is 0.974. The largest absolute Gasteiger partial charge is 0.341 e. The molecule has 1 aliphatic heterocycles. The summed E-state index contributed by atoms with van der Waals surface area (Å²) in [6, 6.07) is 1.54. The Morgan fingerprint density at radius 3 is 2.32 bits per heavy atom. The minimum atomic E-state index is -0.575. The van der Waals surface area contributed by atoms with Crippen molar-refractivity contribution in [3.05, 3.63) is 56.0 Å². The molecule has 1 aliphatic rings. The average molecular weight is 487 g/mol. The van der Waals surface area contributed by atoms with Crippen molar-refractivity contribution < 1.29 is 0 Å². The van der Waals surface area contributed by atoms with Crippen molar-refractivity contribution in [2.45, 2.75) is 25.4 Å². The Balaban J connectivity index is 1.46. The number of fused-ring (bicyclic) bond motifs is 1. The van der Waals surface area contributed by atoms with Gasteiger partial charge in [0.15, 0.2) is 5.65 Å². The number of nitrogens with zero attached hydrogens (tertiary/aromatic N) is 8. The molecule has 10 nitrogen and oxygen atoms in total. The normalized spacial score (nSPS) is 15.1. The quantitative estimate of drug-likeness (QED) is 0.462. The first-order chi connectivity index (χ1) is 16.2. The van der Waals surface area contributed by atoms with Crippen LogP contribution in [0.4, 0.5) is 5.95 Å². The third-order valence-corrected chi connectivity index (χ3v) is 6.50. The number of aromatic nitrogens is 5. The van der Waals surface area contributed by atoms with Gasteiger partial charge in [-0.2, -0.15) is 0 Å². The Morgan fingerprint density at radius 1 is 1.00 bits per heavy atom. The van der Waals surface area contributed by atoms with Crippen LogP contribution in [-0.2, 0) is 13.6 Å². The molecule has 3 aromatic heterocycles. The lowest BCUT2D eigenvalue weighted by molar-refractivity contribution is 0.276. The van der Waals surface area contributed by atoms with Crippen LogP contribution in [0.25, 0.3) is 11.2 Å². The van der Waals surface area contributed by atoms with Gasteiger partial charge in [0.1, 0.15) is 0 Å². The third kappa shape index (κ3) is 5.13. The van der Waals surface area contributed by atoms with Crippen molar-refractivity contribution in [2.75, 3.05) is 52.2 Å². The van der Waals surface area contributed by atoms with Crippen LogP contribution in [0.15, 0.2) is 34.2 Å². The van der Waals surface area contributed by atoms with Gasteiger partial charge in [0, 0.05) is 70.0 Å². The van der Waals surface area contributed by atoms with Gasteiger partial charge in [-0.25, -0.2) is 15.0 Å². The van der Waals surface area contributed by atoms with E-state index in [0.717, 1.165) is 25.2 Å². The predicted molar refractivity (Wildman–Crippen MR) is 134 cm³/mol. The summed E-state index contributed by atoms with van der Waals surface area (Å²) in [7, 11) is 7.79. The summed E-state index contributed by atoms with van der Waals surface area (Å²) in [6.07, 6.45) is 6.64. The van der Waals surface area contributed by atoms with Gasteiger partial charge in [0.25, 0.3) is 0 Å². The van der Waals surface area contributed by atoms with E-state index in [-0.39, 0.29) is 6.04 Å². The highest BCUT2D eigenvalue weighted by Crippen LogP contribution is 2.26. The second-order valence-electron chi connectivity index (χ2n) is 9.19. The highest BCUT2D eigenvalue weighted by molar-refractivity contribution is 6.31. The van der Waals surface area contributed by atoms with E-state index in [9.17, 15) is 9.59 Å². The molecule has 4 heterocycles. The van der Waals surface area contributed by atoms with Crippen LogP contribution in [0, 0.1) is 0 Å². The zero-order valence-corrected chi connectivity index (χ0v) is 20.9. The fourth-order valence-electron chi connectivity index (χ4n) is 4.32. The number of pyridine rings is 1. The predicted octanol–water partition coefficient (Wildman–Crippen LogP) is 1.37. The van der Waals surface area contributed by atoms with Gasteiger partial charge in [-0.1, -0.05) is 11.6 Å². The molecule has 0 unspecified atom stereocenters. The minimum Gasteiger partial charge on any atom is -0.341 e. The van der Waals surface area contributed by atoms with Crippen LogP contribution in [0.2, 0.25) is 5.02 Å². The molecule has 0 bridgehead atoms. The summed E-state index contributed by atoms with van der Waals surface area (Å²) in [6.45, 7) is 4.14. The minimum absolute atomic E-state index is 0.126. The molecule has 0 aromatic carbocycles. The summed E-state index contributed by atoms with van der Waals surface area (Å²) in [5, 5.41) is 0.423. The van der Waals surface area contributed by atoms with Crippen LogP contribution < -0.4 is 16.0 Å². The molecule has 11 heteroatoms. The van der Waals surface area contributed by atoms with E-state index in [2.05, 4.69) is 50.8 Å². The molecule has 0 aliphatic carbocycles. The lowest BCUT2D eigenvalue weighted by atomic mass is 10.0. The number of likely N-dealkylation sites (N-methyl/N-ethyl adjacent to an activating group) is 2. The lowest BCUT2D eigenvalue weighted by Gasteiger charge is -2.33. The fraction of sp³-hybridized carbons (Fsp3) is 0.522. The van der Waals surface area contributed by atoms with Crippen molar-refractivity contribution >= 4 is 28.7 Å². The Bertz CT molecular complexity index is 1260. The van der Waals surface area contributed by atoms with Crippen LogP contribution in [0.3, 0.4) is 0 Å². The SMILES string of the molecule is CN(C)CCN(C)Cc1cnc(N2CCC(n3c(=O)c(=O)n(C)c4cc(Cl)cnc43)CC2)nc1. The third-order valence-electron chi connectivity index (χ3n) is 6.30. The van der Waals surface area contributed by atoms with Gasteiger partial charge < -0.3 is 19.3 Å². The average Bonchev–Trinajstić information content (AvgIpc) is 2.83. The van der Waals surface area contributed by atoms with E-state index in [4.69, 9.17) is 11.6 Å². The Morgan fingerprint density at radius 2 is 1.68 bits per heavy atom. The van der Waals surface area contributed by atoms with E-state index in [0.29, 0.717) is 48.1 Å². The molecule has 182 valence electrons. The highest BCUT2D eigenvalue weighted by Gasteiger charge is 2.26. The summed E-state index contributed by atoms with van der Waals surface area (Å²) >= 11 is 6.08. The number of hydrogen-bond donors (Lipinski definition) is 0. The Labute approximate surface area is 203 Å². The van der Waals surface area contributed by atoms with Gasteiger partial charge in [-0.3, -0.25) is 14.2 Å². The van der Waals surface area contributed by atoms with Gasteiger partial charge in [-0.15, -0.1) is 0 Å². The maximum atomic E-state index is 12.9. The Hall–Kier alpha value is -2.82. The number of hydrogen-bond acceptors (Lipinski definition) is 8. The second kappa shape index (κ2) is 10.2. The molecule has 0 amide bonds. The second-order valence-corrected chi connectivity index (χ2v) is 9.62. The van der Waals surface area contributed by atoms with Gasteiger partial charge >= 0.3 is 11.1 Å². The molecule has 34 heavy (non-hydrogen) atoms. The first-order valence-corrected chi connectivity index (χ1v) is 11.8. The standard InChI is InChI=1S/C23H31ClN8O2/c1-28(2)9-10-29(3)15-16-12-26-23(27-13-16)31-7-5-18(6-8-31)32-20-19(11-17(24)14-25-20)30(4)21(33)22(32)34/h11-14,18H,5-10,15H2,1-4H3. The van der Waals surface area contributed by atoms with Crippen LogP contribution in [-0.4, -0.2) is 81.2 Å². The van der Waals surface area contributed by atoms with Crippen molar-refractivity contribution in [3.8, 4) is 0 Å². The van der Waals surface area contributed by atoms with Gasteiger partial charge in [0.2, 0.25) is 5.95 Å². The molecule has 0 radical (unpaired) electrons. The molecular formula is C23H31ClN8O2. The van der Waals surface area contributed by atoms with E-state index in [1.807, 2.05) is 12.4 Å². The van der Waals surface area contributed by atoms with Crippen LogP contribution >= 0.6 is 11.6 Å². The molecule has 3 aromatic rings. The maximum absolute atomic E-state index is 12.9. The number of piperidine rings is 1. The molecule has 0 atom stereocenters. The van der Waals surface area contributed by atoms with Crippen molar-refractivity contribution in [3.63, 3.8) is 0 Å². The van der Waals surface area contributed by atoms with Gasteiger partial charge in [-0.05, 0) is 40.1 Å². The number of halogens is 1. The fourth-order valence-corrected chi connectivity index (χ4v) is 4.48. The topological polar surface area (TPSA) is 92.4 Å². The number of aryl methyl sites for hydroxylation is 1. The van der Waals surface area contributed by atoms with E-state index in [1.165, 1.54) is 10.8 Å². The van der Waals surface area contributed by atoms with Crippen molar-refractivity contribution in [2.24, 2.45) is 7.05 Å². The monoisotopic (exact) mass is 486 g/mol. The number of anilines is 1. The van der Waals surface area contributed by atoms with E-state index >= 15 is 0 Å². The smallest absolute Gasteiger partial charge is 0.318 e. The molecule has 0 N–H and O–H groups in total. The molecular weight excluding hydrogens is 456 g/mol. The first-order valence-electron chi connectivity index (χ1n) is 11.4. The van der Waals surface area contributed by atoms with E-state index < -0.39 is 11.1 Å². The van der Waals surface area contributed by atoms with Gasteiger partial charge in [0.05, 0.1) is 10.5 Å². The first kappa shape index (κ1) is 24.3. The molecule has 1 fully saturated rings. The molecule has 1 saturated heterocycles. The molecule has 4 rings (SSSR count). The highest BCUT2D eigenvalue weighted by atomic mass is 35.5.